The summed E-state index contributed by atoms with van der Waals surface area (Å²) in [5.41, 5.74) is 1.18. The minimum atomic E-state index is -0.120. The molecule has 0 spiro atoms. The van der Waals surface area contributed by atoms with E-state index in [0.29, 0.717) is 35.0 Å². The van der Waals surface area contributed by atoms with Crippen LogP contribution in [0.4, 0.5) is 0 Å². The molecule has 1 N–H and O–H groups in total. The van der Waals surface area contributed by atoms with Crippen LogP contribution in [-0.4, -0.2) is 29.8 Å². The summed E-state index contributed by atoms with van der Waals surface area (Å²) in [6.07, 6.45) is 1.53. The van der Waals surface area contributed by atoms with E-state index in [1.165, 1.54) is 16.8 Å². The molecule has 18 heavy (non-hydrogen) atoms. The Balaban J connectivity index is 2.58. The van der Waals surface area contributed by atoms with Crippen molar-refractivity contribution in [3.8, 4) is 5.75 Å². The number of rotatable bonds is 4. The van der Waals surface area contributed by atoms with Crippen molar-refractivity contribution >= 4 is 22.6 Å². The lowest BCUT2D eigenvalue weighted by Crippen LogP contribution is -2.19. The van der Waals surface area contributed by atoms with Gasteiger partial charge < -0.3 is 14.6 Å². The van der Waals surface area contributed by atoms with Crippen LogP contribution in [-0.2, 0) is 7.05 Å². The van der Waals surface area contributed by atoms with Gasteiger partial charge in [0.1, 0.15) is 17.1 Å². The number of ether oxygens (including phenoxy) is 1. The first-order chi connectivity index (χ1) is 8.65. The summed E-state index contributed by atoms with van der Waals surface area (Å²) in [7, 11) is 3.51. The fourth-order valence-electron chi connectivity index (χ4n) is 1.69. The fraction of sp³-hybridized carbons (Fsp3) is 0.333. The van der Waals surface area contributed by atoms with Gasteiger partial charge in [-0.05, 0) is 13.1 Å². The molecule has 0 radical (unpaired) electrons. The maximum Gasteiger partial charge on any atom is 0.250 e. The Morgan fingerprint density at radius 3 is 3.00 bits per heavy atom. The normalized spacial score (nSPS) is 10.8. The van der Waals surface area contributed by atoms with Crippen LogP contribution in [0, 0.1) is 0 Å². The van der Waals surface area contributed by atoms with Crippen molar-refractivity contribution in [2.75, 3.05) is 20.2 Å². The van der Waals surface area contributed by atoms with Crippen molar-refractivity contribution in [3.05, 3.63) is 33.7 Å². The van der Waals surface area contributed by atoms with Gasteiger partial charge in [0.05, 0.1) is 11.7 Å². The molecule has 0 fully saturated rings. The number of aryl methyl sites for hydroxylation is 1. The van der Waals surface area contributed by atoms with Crippen molar-refractivity contribution in [1.29, 1.82) is 0 Å². The molecule has 0 unspecified atom stereocenters. The van der Waals surface area contributed by atoms with Crippen LogP contribution in [0.25, 0.3) is 11.0 Å². The highest BCUT2D eigenvalue weighted by Crippen LogP contribution is 2.30. The van der Waals surface area contributed by atoms with Gasteiger partial charge in [-0.3, -0.25) is 9.78 Å². The molecule has 0 saturated carbocycles. The van der Waals surface area contributed by atoms with Crippen molar-refractivity contribution in [2.45, 2.75) is 0 Å². The number of hydrogen-bond acceptors (Lipinski definition) is 4. The third kappa shape index (κ3) is 2.32. The molecule has 0 amide bonds. The van der Waals surface area contributed by atoms with Crippen LogP contribution in [0.1, 0.15) is 0 Å². The maximum absolute atomic E-state index is 11.7. The Labute approximate surface area is 109 Å². The molecule has 5 nitrogen and oxygen atoms in total. The van der Waals surface area contributed by atoms with Crippen LogP contribution in [0.3, 0.4) is 0 Å². The van der Waals surface area contributed by atoms with E-state index in [9.17, 15) is 4.79 Å². The molecule has 0 aromatic carbocycles. The van der Waals surface area contributed by atoms with Crippen LogP contribution in [0.5, 0.6) is 5.75 Å². The Bertz CT molecular complexity index is 624. The van der Waals surface area contributed by atoms with Crippen molar-refractivity contribution in [3.63, 3.8) is 0 Å². The smallest absolute Gasteiger partial charge is 0.250 e. The lowest BCUT2D eigenvalue weighted by Gasteiger charge is -2.12. The second-order valence-electron chi connectivity index (χ2n) is 3.85. The molecular weight excluding hydrogens is 254 g/mol. The van der Waals surface area contributed by atoms with E-state index in [2.05, 4.69) is 10.3 Å². The summed E-state index contributed by atoms with van der Waals surface area (Å²) >= 11 is 6.08. The first-order valence-corrected chi connectivity index (χ1v) is 5.94. The maximum atomic E-state index is 11.7. The Kier molecular flexibility index (Phi) is 3.84. The highest BCUT2D eigenvalue weighted by Gasteiger charge is 2.12. The number of halogens is 1. The van der Waals surface area contributed by atoms with E-state index in [0.717, 1.165) is 0 Å². The number of fused-ring (bicyclic) bond motifs is 1. The standard InChI is InChI=1S/C12H14ClN3O2/c1-14-5-6-18-12-8(13)7-15-9-3-4-10(17)16(2)11(9)12/h3-4,7,14H,5-6H2,1-2H3. The zero-order chi connectivity index (χ0) is 13.1. The van der Waals surface area contributed by atoms with E-state index in [1.807, 2.05) is 7.05 Å². The molecule has 2 aromatic rings. The molecule has 2 heterocycles. The summed E-state index contributed by atoms with van der Waals surface area (Å²) in [6.45, 7) is 1.17. The summed E-state index contributed by atoms with van der Waals surface area (Å²) in [4.78, 5) is 15.8. The molecule has 0 aliphatic carbocycles. The van der Waals surface area contributed by atoms with Crippen LogP contribution in [0.2, 0.25) is 5.02 Å². The molecule has 2 rings (SSSR count). The number of nitrogens with zero attached hydrogens (tertiary/aromatic N) is 2. The molecule has 6 heteroatoms. The van der Waals surface area contributed by atoms with E-state index in [-0.39, 0.29) is 5.56 Å². The summed E-state index contributed by atoms with van der Waals surface area (Å²) in [6, 6.07) is 3.14. The summed E-state index contributed by atoms with van der Waals surface area (Å²) in [5.74, 6) is 0.497. The third-order valence-electron chi connectivity index (χ3n) is 2.64. The lowest BCUT2D eigenvalue weighted by molar-refractivity contribution is 0.320. The zero-order valence-electron chi connectivity index (χ0n) is 10.2. The predicted molar refractivity (Wildman–Crippen MR) is 71.4 cm³/mol. The van der Waals surface area contributed by atoms with Gasteiger partial charge in [-0.15, -0.1) is 0 Å². The first-order valence-electron chi connectivity index (χ1n) is 5.57. The van der Waals surface area contributed by atoms with Gasteiger partial charge in [-0.25, -0.2) is 0 Å². The SMILES string of the molecule is CNCCOc1c(Cl)cnc2ccc(=O)n(C)c12. The number of aromatic nitrogens is 2. The average molecular weight is 268 g/mol. The molecule has 0 aliphatic rings. The van der Waals surface area contributed by atoms with Crippen molar-refractivity contribution in [2.24, 2.45) is 7.05 Å². The van der Waals surface area contributed by atoms with Crippen molar-refractivity contribution < 1.29 is 4.74 Å². The topological polar surface area (TPSA) is 56.1 Å². The minimum Gasteiger partial charge on any atom is -0.488 e. The summed E-state index contributed by atoms with van der Waals surface area (Å²) < 4.78 is 7.12. The molecule has 0 atom stereocenters. The fourth-order valence-corrected chi connectivity index (χ4v) is 1.88. The highest BCUT2D eigenvalue weighted by molar-refractivity contribution is 6.32. The second kappa shape index (κ2) is 5.37. The van der Waals surface area contributed by atoms with Crippen LogP contribution in [0.15, 0.2) is 23.1 Å². The monoisotopic (exact) mass is 267 g/mol. The Hall–Kier alpha value is -1.59. The zero-order valence-corrected chi connectivity index (χ0v) is 11.0. The van der Waals surface area contributed by atoms with Gasteiger partial charge >= 0.3 is 0 Å². The second-order valence-corrected chi connectivity index (χ2v) is 4.26. The lowest BCUT2D eigenvalue weighted by atomic mass is 10.3. The van der Waals surface area contributed by atoms with Gasteiger partial charge in [-0.2, -0.15) is 0 Å². The Morgan fingerprint density at radius 2 is 2.28 bits per heavy atom. The van der Waals surface area contributed by atoms with E-state index in [4.69, 9.17) is 16.3 Å². The predicted octanol–water partition coefficient (Wildman–Crippen LogP) is 1.19. The molecule has 0 bridgehead atoms. The number of likely N-dealkylation sites (N-methyl/N-ethyl adjacent to an activating group) is 1. The van der Waals surface area contributed by atoms with E-state index >= 15 is 0 Å². The molecule has 2 aromatic heterocycles. The molecule has 0 saturated heterocycles. The first kappa shape index (κ1) is 12.9. The van der Waals surface area contributed by atoms with E-state index < -0.39 is 0 Å². The van der Waals surface area contributed by atoms with Gasteiger partial charge in [0, 0.05) is 19.7 Å². The molecular formula is C12H14ClN3O2. The highest BCUT2D eigenvalue weighted by atomic mass is 35.5. The van der Waals surface area contributed by atoms with Crippen molar-refractivity contribution in [1.82, 2.24) is 14.9 Å². The van der Waals surface area contributed by atoms with Crippen LogP contribution >= 0.6 is 11.6 Å². The van der Waals surface area contributed by atoms with Crippen LogP contribution < -0.4 is 15.6 Å². The largest absolute Gasteiger partial charge is 0.488 e. The Morgan fingerprint density at radius 1 is 1.50 bits per heavy atom. The van der Waals surface area contributed by atoms with Gasteiger partial charge in [0.15, 0.2) is 5.75 Å². The average Bonchev–Trinajstić information content (AvgIpc) is 2.36. The third-order valence-corrected chi connectivity index (χ3v) is 2.91. The van der Waals surface area contributed by atoms with Gasteiger partial charge in [-0.1, -0.05) is 11.6 Å². The number of hydrogen-bond donors (Lipinski definition) is 1. The van der Waals surface area contributed by atoms with E-state index in [1.54, 1.807) is 13.1 Å². The number of nitrogens with one attached hydrogen (secondary N) is 1. The minimum absolute atomic E-state index is 0.120. The number of pyridine rings is 2. The molecule has 96 valence electrons. The van der Waals surface area contributed by atoms with Gasteiger partial charge in [0.2, 0.25) is 0 Å². The molecule has 0 aliphatic heterocycles. The summed E-state index contributed by atoms with van der Waals surface area (Å²) in [5, 5.41) is 3.38. The quantitative estimate of drug-likeness (QED) is 0.846. The van der Waals surface area contributed by atoms with Gasteiger partial charge in [0.25, 0.3) is 5.56 Å².